The van der Waals surface area contributed by atoms with E-state index in [9.17, 15) is 19.5 Å². The van der Waals surface area contributed by atoms with E-state index < -0.39 is 35.7 Å². The highest BCUT2D eigenvalue weighted by atomic mass is 16.5. The van der Waals surface area contributed by atoms with Crippen molar-refractivity contribution in [3.63, 3.8) is 0 Å². The third-order valence-corrected chi connectivity index (χ3v) is 2.50. The van der Waals surface area contributed by atoms with E-state index in [0.29, 0.717) is 0 Å². The summed E-state index contributed by atoms with van der Waals surface area (Å²) >= 11 is 0. The Morgan fingerprint density at radius 2 is 2.06 bits per heavy atom. The van der Waals surface area contributed by atoms with Crippen molar-refractivity contribution < 1.29 is 29.3 Å². The SMILES string of the molecule is CC=CC(=O)OCC1CC(O)[C@H](O)C(=O)C1=O. The fraction of sp³-hybridized carbons (Fsp3) is 0.545. The summed E-state index contributed by atoms with van der Waals surface area (Å²) in [6.45, 7) is 1.37. The van der Waals surface area contributed by atoms with E-state index in [1.54, 1.807) is 6.92 Å². The zero-order chi connectivity index (χ0) is 13.0. The minimum Gasteiger partial charge on any atom is -0.462 e. The van der Waals surface area contributed by atoms with Gasteiger partial charge >= 0.3 is 5.97 Å². The molecule has 2 unspecified atom stereocenters. The van der Waals surface area contributed by atoms with Gasteiger partial charge in [-0.2, -0.15) is 0 Å². The summed E-state index contributed by atoms with van der Waals surface area (Å²) < 4.78 is 4.73. The van der Waals surface area contributed by atoms with Crippen molar-refractivity contribution in [1.82, 2.24) is 0 Å². The number of esters is 1. The summed E-state index contributed by atoms with van der Waals surface area (Å²) in [6.07, 6.45) is -0.375. The number of aliphatic hydroxyl groups excluding tert-OH is 2. The molecule has 94 valence electrons. The molecule has 1 saturated carbocycles. The Balaban J connectivity index is 2.57. The van der Waals surface area contributed by atoms with Gasteiger partial charge in [0.15, 0.2) is 0 Å². The lowest BCUT2D eigenvalue weighted by atomic mass is 9.84. The van der Waals surface area contributed by atoms with Crippen LogP contribution in [0.25, 0.3) is 0 Å². The highest BCUT2D eigenvalue weighted by Crippen LogP contribution is 2.20. The summed E-state index contributed by atoms with van der Waals surface area (Å²) in [6, 6.07) is 0. The molecule has 0 aromatic rings. The molecular weight excluding hydrogens is 228 g/mol. The van der Waals surface area contributed by atoms with Gasteiger partial charge in [0.05, 0.1) is 12.0 Å². The van der Waals surface area contributed by atoms with E-state index in [2.05, 4.69) is 0 Å². The smallest absolute Gasteiger partial charge is 0.330 e. The lowest BCUT2D eigenvalue weighted by Gasteiger charge is -2.27. The van der Waals surface area contributed by atoms with E-state index in [1.807, 2.05) is 0 Å². The van der Waals surface area contributed by atoms with Gasteiger partial charge in [-0.1, -0.05) is 6.08 Å². The van der Waals surface area contributed by atoms with Gasteiger partial charge in [0, 0.05) is 6.08 Å². The third-order valence-electron chi connectivity index (χ3n) is 2.50. The standard InChI is InChI=1S/C11H14O6/c1-2-3-8(13)17-5-6-4-7(12)10(15)11(16)9(6)14/h2-3,6-7,10,12,15H,4-5H2,1H3/t6?,7?,10-/m0/s1. The summed E-state index contributed by atoms with van der Waals surface area (Å²) in [4.78, 5) is 33.6. The van der Waals surface area contributed by atoms with Crippen LogP contribution in [0.2, 0.25) is 0 Å². The van der Waals surface area contributed by atoms with Crippen LogP contribution in [0.3, 0.4) is 0 Å². The van der Waals surface area contributed by atoms with Gasteiger partial charge in [0.1, 0.15) is 12.7 Å². The Labute approximate surface area is 97.9 Å². The van der Waals surface area contributed by atoms with Crippen molar-refractivity contribution >= 4 is 17.5 Å². The van der Waals surface area contributed by atoms with E-state index in [0.717, 1.165) is 0 Å². The van der Waals surface area contributed by atoms with Crippen molar-refractivity contribution in [2.75, 3.05) is 6.61 Å². The second kappa shape index (κ2) is 5.70. The molecule has 6 nitrogen and oxygen atoms in total. The lowest BCUT2D eigenvalue weighted by molar-refractivity contribution is -0.157. The number of hydrogen-bond donors (Lipinski definition) is 2. The topological polar surface area (TPSA) is 101 Å². The molecule has 0 aliphatic heterocycles. The number of carbonyl (C=O) groups excluding carboxylic acids is 3. The monoisotopic (exact) mass is 242 g/mol. The molecule has 0 aromatic heterocycles. The van der Waals surface area contributed by atoms with Crippen molar-refractivity contribution in [2.24, 2.45) is 5.92 Å². The second-order valence-electron chi connectivity index (χ2n) is 3.80. The van der Waals surface area contributed by atoms with Crippen LogP contribution < -0.4 is 0 Å². The quantitative estimate of drug-likeness (QED) is 0.373. The van der Waals surface area contributed by atoms with Gasteiger partial charge < -0.3 is 14.9 Å². The molecule has 2 N–H and O–H groups in total. The maximum atomic E-state index is 11.4. The van der Waals surface area contributed by atoms with Crippen molar-refractivity contribution in [2.45, 2.75) is 25.6 Å². The molecule has 0 heterocycles. The van der Waals surface area contributed by atoms with Crippen LogP contribution in [-0.4, -0.2) is 46.6 Å². The maximum Gasteiger partial charge on any atom is 0.330 e. The summed E-state index contributed by atoms with van der Waals surface area (Å²) in [5, 5.41) is 18.5. The predicted molar refractivity (Wildman–Crippen MR) is 55.9 cm³/mol. The largest absolute Gasteiger partial charge is 0.462 e. The molecule has 3 atom stereocenters. The van der Waals surface area contributed by atoms with Crippen molar-refractivity contribution in [3.05, 3.63) is 12.2 Å². The molecule has 17 heavy (non-hydrogen) atoms. The van der Waals surface area contributed by atoms with Gasteiger partial charge in [-0.3, -0.25) is 9.59 Å². The minimum atomic E-state index is -1.66. The van der Waals surface area contributed by atoms with Crippen LogP contribution in [0.4, 0.5) is 0 Å². The Morgan fingerprint density at radius 3 is 2.65 bits per heavy atom. The number of hydrogen-bond acceptors (Lipinski definition) is 6. The molecule has 1 rings (SSSR count). The zero-order valence-electron chi connectivity index (χ0n) is 9.33. The molecule has 0 bridgehead atoms. The van der Waals surface area contributed by atoms with Crippen molar-refractivity contribution in [3.8, 4) is 0 Å². The number of Topliss-reactive ketones (excluding diaryl/α,β-unsaturated/α-hetero) is 2. The van der Waals surface area contributed by atoms with Gasteiger partial charge in [0.2, 0.25) is 11.6 Å². The highest BCUT2D eigenvalue weighted by Gasteiger charge is 2.41. The fourth-order valence-electron chi connectivity index (χ4n) is 1.56. The zero-order valence-corrected chi connectivity index (χ0v) is 9.33. The normalized spacial score (nSPS) is 29.7. The van der Waals surface area contributed by atoms with Crippen LogP contribution in [0, 0.1) is 5.92 Å². The minimum absolute atomic E-state index is 0.0884. The number of aliphatic hydroxyl groups is 2. The molecule has 0 saturated heterocycles. The molecule has 0 spiro atoms. The molecule has 0 radical (unpaired) electrons. The van der Waals surface area contributed by atoms with E-state index >= 15 is 0 Å². The highest BCUT2D eigenvalue weighted by molar-refractivity contribution is 6.40. The summed E-state index contributed by atoms with van der Waals surface area (Å²) in [5.41, 5.74) is 0. The first kappa shape index (κ1) is 13.5. The average Bonchev–Trinajstić information content (AvgIpc) is 2.30. The fourth-order valence-corrected chi connectivity index (χ4v) is 1.56. The number of allylic oxidation sites excluding steroid dienone is 1. The van der Waals surface area contributed by atoms with E-state index in [-0.39, 0.29) is 13.0 Å². The maximum absolute atomic E-state index is 11.4. The number of rotatable bonds is 3. The molecular formula is C11H14O6. The van der Waals surface area contributed by atoms with Crippen LogP contribution in [-0.2, 0) is 19.1 Å². The van der Waals surface area contributed by atoms with Gasteiger partial charge in [-0.15, -0.1) is 0 Å². The van der Waals surface area contributed by atoms with Gasteiger partial charge in [-0.05, 0) is 13.3 Å². The lowest BCUT2D eigenvalue weighted by Crippen LogP contribution is -2.49. The molecule has 6 heteroatoms. The molecule has 1 aliphatic rings. The first-order chi connectivity index (χ1) is 7.97. The third kappa shape index (κ3) is 3.21. The molecule has 1 fully saturated rings. The number of ketones is 2. The molecule has 0 amide bonds. The predicted octanol–water partition coefficient (Wildman–Crippen LogP) is -1.01. The van der Waals surface area contributed by atoms with E-state index in [4.69, 9.17) is 9.84 Å². The van der Waals surface area contributed by atoms with Crippen LogP contribution in [0.1, 0.15) is 13.3 Å². The Hall–Kier alpha value is -1.53. The summed E-state index contributed by atoms with van der Waals surface area (Å²) in [7, 11) is 0. The Kier molecular flexibility index (Phi) is 4.53. The van der Waals surface area contributed by atoms with Crippen LogP contribution >= 0.6 is 0 Å². The molecule has 0 aromatic carbocycles. The Morgan fingerprint density at radius 1 is 1.41 bits per heavy atom. The van der Waals surface area contributed by atoms with Crippen molar-refractivity contribution in [1.29, 1.82) is 0 Å². The number of ether oxygens (including phenoxy) is 1. The van der Waals surface area contributed by atoms with Crippen LogP contribution in [0.15, 0.2) is 12.2 Å². The first-order valence-corrected chi connectivity index (χ1v) is 5.21. The second-order valence-corrected chi connectivity index (χ2v) is 3.80. The first-order valence-electron chi connectivity index (χ1n) is 5.21. The van der Waals surface area contributed by atoms with Gasteiger partial charge in [-0.25, -0.2) is 4.79 Å². The van der Waals surface area contributed by atoms with E-state index in [1.165, 1.54) is 12.2 Å². The number of carbonyl (C=O) groups is 3. The van der Waals surface area contributed by atoms with Gasteiger partial charge in [0.25, 0.3) is 0 Å². The molecule has 1 aliphatic carbocycles. The average molecular weight is 242 g/mol. The van der Waals surface area contributed by atoms with Crippen LogP contribution in [0.5, 0.6) is 0 Å². The summed E-state index contributed by atoms with van der Waals surface area (Å²) in [5.74, 6) is -3.34. The Bertz CT molecular complexity index is 359.